The minimum absolute atomic E-state index is 0.0178. The number of nitrogens with one attached hydrogen (secondary N) is 1. The molecule has 1 N–H and O–H groups in total. The van der Waals surface area contributed by atoms with Crippen LogP contribution in [0.3, 0.4) is 0 Å². The highest BCUT2D eigenvalue weighted by Gasteiger charge is 2.26. The van der Waals surface area contributed by atoms with Gasteiger partial charge in [0.05, 0.1) is 15.6 Å². The van der Waals surface area contributed by atoms with Gasteiger partial charge >= 0.3 is 0 Å². The molecule has 2 aliphatic heterocycles. The summed E-state index contributed by atoms with van der Waals surface area (Å²) in [6, 6.07) is 18.8. The van der Waals surface area contributed by atoms with Crippen LogP contribution in [0.25, 0.3) is 0 Å². The molecule has 35 heavy (non-hydrogen) atoms. The molecule has 3 aromatic rings. The van der Waals surface area contributed by atoms with E-state index in [4.69, 9.17) is 23.2 Å². The van der Waals surface area contributed by atoms with E-state index in [0.717, 1.165) is 57.5 Å². The molecule has 1 saturated heterocycles. The number of piperidine rings is 1. The Morgan fingerprint density at radius 2 is 1.57 bits per heavy atom. The minimum atomic E-state index is -0.306. The van der Waals surface area contributed by atoms with E-state index in [1.807, 2.05) is 23.1 Å². The van der Waals surface area contributed by atoms with Gasteiger partial charge in [0.2, 0.25) is 0 Å². The van der Waals surface area contributed by atoms with Gasteiger partial charge in [0.15, 0.2) is 0 Å². The van der Waals surface area contributed by atoms with Gasteiger partial charge in [-0.15, -0.1) is 0 Å². The van der Waals surface area contributed by atoms with Gasteiger partial charge in [0.1, 0.15) is 0 Å². The Bertz CT molecular complexity index is 1270. The number of hydrogen-bond acceptors (Lipinski definition) is 3. The Morgan fingerprint density at radius 1 is 0.800 bits per heavy atom. The number of nitrogens with zero attached hydrogens (tertiary/aromatic N) is 2. The van der Waals surface area contributed by atoms with E-state index in [2.05, 4.69) is 34.5 Å². The molecule has 5 rings (SSSR count). The third-order valence-corrected chi connectivity index (χ3v) is 7.52. The van der Waals surface area contributed by atoms with Gasteiger partial charge < -0.3 is 15.1 Å². The summed E-state index contributed by atoms with van der Waals surface area (Å²) >= 11 is 12.1. The fraction of sp³-hybridized carbons (Fsp3) is 0.286. The Hall–Kier alpha value is -3.02. The van der Waals surface area contributed by atoms with Gasteiger partial charge in [-0.2, -0.15) is 0 Å². The largest absolute Gasteiger partial charge is 0.366 e. The second kappa shape index (κ2) is 10.3. The maximum Gasteiger partial charge on any atom is 0.256 e. The van der Waals surface area contributed by atoms with Crippen LogP contribution in [0.5, 0.6) is 0 Å². The zero-order chi connectivity index (χ0) is 24.4. The lowest BCUT2D eigenvalue weighted by Gasteiger charge is -2.34. The smallest absolute Gasteiger partial charge is 0.256 e. The molecule has 3 aromatic carbocycles. The zero-order valence-electron chi connectivity index (χ0n) is 19.4. The molecule has 0 bridgehead atoms. The predicted octanol–water partition coefficient (Wildman–Crippen LogP) is 6.43. The summed E-state index contributed by atoms with van der Waals surface area (Å²) in [5.74, 6) is -0.288. The average Bonchev–Trinajstić information content (AvgIpc) is 2.90. The van der Waals surface area contributed by atoms with E-state index in [9.17, 15) is 9.59 Å². The molecular formula is C28H27Cl2N3O2. The van der Waals surface area contributed by atoms with Crippen LogP contribution in [0.15, 0.2) is 60.7 Å². The Balaban J connectivity index is 1.45. The van der Waals surface area contributed by atoms with Crippen LogP contribution >= 0.6 is 23.2 Å². The maximum absolute atomic E-state index is 13.7. The molecule has 0 saturated carbocycles. The van der Waals surface area contributed by atoms with Crippen molar-refractivity contribution >= 4 is 46.4 Å². The van der Waals surface area contributed by atoms with E-state index in [-0.39, 0.29) is 11.8 Å². The fourth-order valence-electron chi connectivity index (χ4n) is 4.87. The van der Waals surface area contributed by atoms with Gasteiger partial charge in [0.25, 0.3) is 11.8 Å². The van der Waals surface area contributed by atoms with Crippen molar-refractivity contribution in [2.75, 3.05) is 29.9 Å². The maximum atomic E-state index is 13.7. The lowest BCUT2D eigenvalue weighted by molar-refractivity contribution is 0.0724. The molecule has 0 spiro atoms. The summed E-state index contributed by atoms with van der Waals surface area (Å²) in [5.41, 5.74) is 5.15. The molecule has 5 nitrogen and oxygen atoms in total. The van der Waals surface area contributed by atoms with Crippen LogP contribution in [0.2, 0.25) is 10.0 Å². The number of benzene rings is 3. The second-order valence-corrected chi connectivity index (χ2v) is 9.92. The van der Waals surface area contributed by atoms with Crippen LogP contribution in [-0.4, -0.2) is 36.3 Å². The number of carbonyl (C=O) groups excluding carboxylic acids is 2. The van der Waals surface area contributed by atoms with E-state index in [0.29, 0.717) is 26.9 Å². The number of likely N-dealkylation sites (tertiary alicyclic amines) is 1. The summed E-state index contributed by atoms with van der Waals surface area (Å²) in [6.07, 6.45) is 4.13. The summed E-state index contributed by atoms with van der Waals surface area (Å²) in [7, 11) is 0. The summed E-state index contributed by atoms with van der Waals surface area (Å²) in [5, 5.41) is 3.63. The van der Waals surface area contributed by atoms with Gasteiger partial charge in [-0.25, -0.2) is 0 Å². The number of anilines is 2. The molecule has 0 atom stereocenters. The normalized spacial score (nSPS) is 15.5. The highest BCUT2D eigenvalue weighted by atomic mass is 35.5. The summed E-state index contributed by atoms with van der Waals surface area (Å²) < 4.78 is 0. The number of halogens is 2. The van der Waals surface area contributed by atoms with Crippen molar-refractivity contribution in [3.63, 3.8) is 0 Å². The van der Waals surface area contributed by atoms with Gasteiger partial charge in [-0.3, -0.25) is 9.59 Å². The predicted molar refractivity (Wildman–Crippen MR) is 142 cm³/mol. The Morgan fingerprint density at radius 3 is 2.34 bits per heavy atom. The number of fused-ring (bicyclic) bond motifs is 1. The molecule has 2 amide bonds. The van der Waals surface area contributed by atoms with Crippen LogP contribution < -0.4 is 10.2 Å². The molecule has 7 heteroatoms. The van der Waals surface area contributed by atoms with Crippen LogP contribution in [-0.2, 0) is 13.0 Å². The molecule has 0 aliphatic carbocycles. The van der Waals surface area contributed by atoms with Crippen LogP contribution in [0, 0.1) is 0 Å². The van der Waals surface area contributed by atoms with Crippen molar-refractivity contribution in [1.82, 2.24) is 4.90 Å². The van der Waals surface area contributed by atoms with E-state index in [1.165, 1.54) is 11.1 Å². The molecular weight excluding hydrogens is 481 g/mol. The molecule has 0 radical (unpaired) electrons. The van der Waals surface area contributed by atoms with Crippen molar-refractivity contribution in [1.29, 1.82) is 0 Å². The monoisotopic (exact) mass is 507 g/mol. The summed E-state index contributed by atoms with van der Waals surface area (Å²) in [6.45, 7) is 3.12. The molecule has 2 aliphatic rings. The number of hydrogen-bond donors (Lipinski definition) is 1. The van der Waals surface area contributed by atoms with Gasteiger partial charge in [-0.1, -0.05) is 47.5 Å². The highest BCUT2D eigenvalue weighted by Crippen LogP contribution is 2.31. The third kappa shape index (κ3) is 5.16. The first kappa shape index (κ1) is 23.7. The van der Waals surface area contributed by atoms with Crippen molar-refractivity contribution in [3.8, 4) is 0 Å². The summed E-state index contributed by atoms with van der Waals surface area (Å²) in [4.78, 5) is 30.7. The Labute approximate surface area is 215 Å². The quantitative estimate of drug-likeness (QED) is 0.442. The van der Waals surface area contributed by atoms with Crippen LogP contribution in [0.4, 0.5) is 11.4 Å². The topological polar surface area (TPSA) is 52.7 Å². The average molecular weight is 508 g/mol. The molecule has 2 heterocycles. The van der Waals surface area contributed by atoms with Crippen molar-refractivity contribution < 1.29 is 9.59 Å². The zero-order valence-corrected chi connectivity index (χ0v) is 20.9. The number of amides is 2. The fourth-order valence-corrected chi connectivity index (χ4v) is 5.17. The van der Waals surface area contributed by atoms with E-state index >= 15 is 0 Å². The first-order chi connectivity index (χ1) is 17.0. The van der Waals surface area contributed by atoms with Crippen LogP contribution in [0.1, 0.15) is 51.1 Å². The standard InChI is InChI=1S/C28H27Cl2N3O2/c29-24-10-8-20(16-25(24)30)27(34)31-22-9-11-26(23(17-22)28(35)32-13-4-1-5-14-32)33-15-12-19-6-2-3-7-21(19)18-33/h2-3,6-11,16-17H,1,4-5,12-15,18H2,(H,31,34). The molecule has 1 fully saturated rings. The van der Waals surface area contributed by atoms with Crippen molar-refractivity contribution in [2.24, 2.45) is 0 Å². The Kier molecular flexibility index (Phi) is 6.98. The first-order valence-electron chi connectivity index (χ1n) is 12.0. The number of carbonyl (C=O) groups is 2. The molecule has 0 aromatic heterocycles. The van der Waals surface area contributed by atoms with Crippen molar-refractivity contribution in [2.45, 2.75) is 32.2 Å². The van der Waals surface area contributed by atoms with E-state index in [1.54, 1.807) is 18.2 Å². The molecule has 180 valence electrons. The van der Waals surface area contributed by atoms with Crippen molar-refractivity contribution in [3.05, 3.63) is 93.0 Å². The van der Waals surface area contributed by atoms with Gasteiger partial charge in [-0.05, 0) is 73.2 Å². The SMILES string of the molecule is O=C(Nc1ccc(N2CCc3ccccc3C2)c(C(=O)N2CCCCC2)c1)c1ccc(Cl)c(Cl)c1. The third-order valence-electron chi connectivity index (χ3n) is 6.78. The minimum Gasteiger partial charge on any atom is -0.366 e. The first-order valence-corrected chi connectivity index (χ1v) is 12.8. The van der Waals surface area contributed by atoms with Gasteiger partial charge in [0, 0.05) is 43.1 Å². The molecule has 0 unspecified atom stereocenters. The van der Waals surface area contributed by atoms with E-state index < -0.39 is 0 Å². The lowest BCUT2D eigenvalue weighted by atomic mass is 9.98. The highest BCUT2D eigenvalue weighted by molar-refractivity contribution is 6.42. The lowest BCUT2D eigenvalue weighted by Crippen LogP contribution is -2.38. The second-order valence-electron chi connectivity index (χ2n) is 9.11. The number of rotatable bonds is 4.